The third-order valence-corrected chi connectivity index (χ3v) is 4.18. The molecule has 3 rings (SSSR count). The minimum atomic E-state index is -0.347. The van der Waals surface area contributed by atoms with E-state index in [0.717, 1.165) is 24.5 Å². The van der Waals surface area contributed by atoms with Crippen LogP contribution in [-0.4, -0.2) is 24.1 Å². The highest BCUT2D eigenvalue weighted by molar-refractivity contribution is 7.14. The molecular weight excluding hydrogens is 272 g/mol. The van der Waals surface area contributed by atoms with Gasteiger partial charge in [-0.2, -0.15) is 0 Å². The number of nitrogens with zero attached hydrogens (tertiary/aromatic N) is 2. The molecule has 104 valence electrons. The maximum atomic E-state index is 11.7. The number of hydrogen-bond donors (Lipinski definition) is 0. The summed E-state index contributed by atoms with van der Waals surface area (Å²) in [7, 11) is 0. The zero-order chi connectivity index (χ0) is 13.9. The summed E-state index contributed by atoms with van der Waals surface area (Å²) in [5, 5.41) is 2.63. The van der Waals surface area contributed by atoms with Crippen molar-refractivity contribution in [2.45, 2.75) is 19.8 Å². The number of esters is 1. The SMILES string of the molecule is CCOC(=O)c1csc(N2CCCc3ccccc32)n1. The highest BCUT2D eigenvalue weighted by atomic mass is 32.1. The Hall–Kier alpha value is -1.88. The van der Waals surface area contributed by atoms with Gasteiger partial charge in [0.1, 0.15) is 0 Å². The molecule has 1 aromatic carbocycles. The van der Waals surface area contributed by atoms with Crippen LogP contribution in [0.5, 0.6) is 0 Å². The van der Waals surface area contributed by atoms with Crippen LogP contribution in [0.3, 0.4) is 0 Å². The van der Waals surface area contributed by atoms with E-state index in [1.165, 1.54) is 22.6 Å². The van der Waals surface area contributed by atoms with Crippen molar-refractivity contribution >= 4 is 28.1 Å². The summed E-state index contributed by atoms with van der Waals surface area (Å²) in [4.78, 5) is 18.3. The molecule has 0 saturated carbocycles. The van der Waals surface area contributed by atoms with E-state index in [1.807, 2.05) is 6.07 Å². The van der Waals surface area contributed by atoms with E-state index in [2.05, 4.69) is 28.1 Å². The van der Waals surface area contributed by atoms with E-state index in [0.29, 0.717) is 12.3 Å². The van der Waals surface area contributed by atoms with Gasteiger partial charge < -0.3 is 9.64 Å². The van der Waals surface area contributed by atoms with Crippen molar-refractivity contribution in [1.82, 2.24) is 4.98 Å². The number of ether oxygens (including phenoxy) is 1. The van der Waals surface area contributed by atoms with Gasteiger partial charge in [-0.15, -0.1) is 11.3 Å². The van der Waals surface area contributed by atoms with Gasteiger partial charge in [-0.05, 0) is 31.4 Å². The maximum absolute atomic E-state index is 11.7. The van der Waals surface area contributed by atoms with Gasteiger partial charge in [-0.3, -0.25) is 0 Å². The van der Waals surface area contributed by atoms with Gasteiger partial charge in [0.05, 0.1) is 6.61 Å². The first kappa shape index (κ1) is 13.1. The van der Waals surface area contributed by atoms with Gasteiger partial charge in [0, 0.05) is 17.6 Å². The Kier molecular flexibility index (Phi) is 3.69. The van der Waals surface area contributed by atoms with Crippen molar-refractivity contribution in [2.75, 3.05) is 18.1 Å². The molecule has 20 heavy (non-hydrogen) atoms. The Balaban J connectivity index is 1.89. The zero-order valence-electron chi connectivity index (χ0n) is 11.3. The number of carbonyl (C=O) groups excluding carboxylic acids is 1. The summed E-state index contributed by atoms with van der Waals surface area (Å²) in [5.74, 6) is -0.347. The average Bonchev–Trinajstić information content (AvgIpc) is 2.97. The van der Waals surface area contributed by atoms with Gasteiger partial charge in [-0.25, -0.2) is 9.78 Å². The second kappa shape index (κ2) is 5.63. The van der Waals surface area contributed by atoms with E-state index < -0.39 is 0 Å². The second-order valence-electron chi connectivity index (χ2n) is 4.62. The van der Waals surface area contributed by atoms with E-state index in [1.54, 1.807) is 12.3 Å². The summed E-state index contributed by atoms with van der Waals surface area (Å²) in [5.41, 5.74) is 2.94. The summed E-state index contributed by atoms with van der Waals surface area (Å²) in [6.45, 7) is 3.11. The van der Waals surface area contributed by atoms with Crippen LogP contribution in [0.15, 0.2) is 29.6 Å². The van der Waals surface area contributed by atoms with Gasteiger partial charge >= 0.3 is 5.97 Å². The quantitative estimate of drug-likeness (QED) is 0.812. The predicted octanol–water partition coefficient (Wildman–Crippen LogP) is 3.40. The minimum absolute atomic E-state index is 0.347. The lowest BCUT2D eigenvalue weighted by Gasteiger charge is -2.28. The average molecular weight is 288 g/mol. The Morgan fingerprint density at radius 3 is 3.15 bits per heavy atom. The van der Waals surface area contributed by atoms with E-state index in [4.69, 9.17) is 4.74 Å². The largest absolute Gasteiger partial charge is 0.461 e. The summed E-state index contributed by atoms with van der Waals surface area (Å²) < 4.78 is 4.98. The minimum Gasteiger partial charge on any atom is -0.461 e. The summed E-state index contributed by atoms with van der Waals surface area (Å²) in [6, 6.07) is 8.37. The third-order valence-electron chi connectivity index (χ3n) is 3.32. The van der Waals surface area contributed by atoms with Crippen molar-refractivity contribution < 1.29 is 9.53 Å². The smallest absolute Gasteiger partial charge is 0.357 e. The zero-order valence-corrected chi connectivity index (χ0v) is 12.2. The number of thiazole rings is 1. The molecule has 0 bridgehead atoms. The maximum Gasteiger partial charge on any atom is 0.357 e. The van der Waals surface area contributed by atoms with Gasteiger partial charge in [-0.1, -0.05) is 18.2 Å². The molecule has 0 spiro atoms. The highest BCUT2D eigenvalue weighted by Crippen LogP contribution is 2.34. The lowest BCUT2D eigenvalue weighted by molar-refractivity contribution is 0.0520. The Morgan fingerprint density at radius 1 is 1.45 bits per heavy atom. The van der Waals surface area contributed by atoms with Crippen molar-refractivity contribution in [3.05, 3.63) is 40.9 Å². The fourth-order valence-corrected chi connectivity index (χ4v) is 3.25. The monoisotopic (exact) mass is 288 g/mol. The highest BCUT2D eigenvalue weighted by Gasteiger charge is 2.21. The molecule has 0 amide bonds. The molecule has 0 radical (unpaired) electrons. The molecular formula is C15H16N2O2S. The predicted molar refractivity (Wildman–Crippen MR) is 79.8 cm³/mol. The molecule has 2 aromatic rings. The Morgan fingerprint density at radius 2 is 2.30 bits per heavy atom. The number of benzene rings is 1. The molecule has 1 aromatic heterocycles. The van der Waals surface area contributed by atoms with E-state index in [9.17, 15) is 4.79 Å². The molecule has 2 heterocycles. The number of anilines is 2. The normalized spacial score (nSPS) is 13.9. The van der Waals surface area contributed by atoms with Crippen molar-refractivity contribution in [3.63, 3.8) is 0 Å². The molecule has 5 heteroatoms. The topological polar surface area (TPSA) is 42.4 Å². The number of fused-ring (bicyclic) bond motifs is 1. The van der Waals surface area contributed by atoms with Crippen LogP contribution in [0.2, 0.25) is 0 Å². The Bertz CT molecular complexity index is 624. The molecule has 1 aliphatic heterocycles. The number of hydrogen-bond acceptors (Lipinski definition) is 5. The number of aryl methyl sites for hydroxylation is 1. The number of rotatable bonds is 3. The van der Waals surface area contributed by atoms with Crippen LogP contribution in [0.1, 0.15) is 29.4 Å². The van der Waals surface area contributed by atoms with Crippen molar-refractivity contribution in [1.29, 1.82) is 0 Å². The summed E-state index contributed by atoms with van der Waals surface area (Å²) in [6.07, 6.45) is 2.20. The van der Waals surface area contributed by atoms with E-state index >= 15 is 0 Å². The van der Waals surface area contributed by atoms with Crippen LogP contribution in [0, 0.1) is 0 Å². The number of para-hydroxylation sites is 1. The molecule has 0 fully saturated rings. The standard InChI is InChI=1S/C15H16N2O2S/c1-2-19-14(18)12-10-20-15(16-12)17-9-5-7-11-6-3-4-8-13(11)17/h3-4,6,8,10H,2,5,7,9H2,1H3. The summed E-state index contributed by atoms with van der Waals surface area (Å²) >= 11 is 1.49. The first-order valence-electron chi connectivity index (χ1n) is 6.77. The first-order chi connectivity index (χ1) is 9.79. The van der Waals surface area contributed by atoms with Crippen LogP contribution >= 0.6 is 11.3 Å². The van der Waals surface area contributed by atoms with Crippen LogP contribution in [-0.2, 0) is 11.2 Å². The van der Waals surface area contributed by atoms with Crippen LogP contribution in [0.4, 0.5) is 10.8 Å². The molecule has 0 aliphatic carbocycles. The molecule has 1 aliphatic rings. The molecule has 0 atom stereocenters. The van der Waals surface area contributed by atoms with Crippen LogP contribution < -0.4 is 4.90 Å². The molecule has 0 unspecified atom stereocenters. The van der Waals surface area contributed by atoms with Crippen molar-refractivity contribution in [3.8, 4) is 0 Å². The Labute approximate surface area is 122 Å². The van der Waals surface area contributed by atoms with Gasteiger partial charge in [0.25, 0.3) is 0 Å². The fraction of sp³-hybridized carbons (Fsp3) is 0.333. The fourth-order valence-electron chi connectivity index (χ4n) is 2.42. The lowest BCUT2D eigenvalue weighted by Crippen LogP contribution is -2.24. The third kappa shape index (κ3) is 2.41. The lowest BCUT2D eigenvalue weighted by atomic mass is 10.0. The van der Waals surface area contributed by atoms with Gasteiger partial charge in [0.2, 0.25) is 0 Å². The molecule has 0 N–H and O–H groups in total. The molecule has 4 nitrogen and oxygen atoms in total. The molecule has 0 saturated heterocycles. The van der Waals surface area contributed by atoms with Gasteiger partial charge in [0.15, 0.2) is 10.8 Å². The van der Waals surface area contributed by atoms with Crippen LogP contribution in [0.25, 0.3) is 0 Å². The van der Waals surface area contributed by atoms with Crippen molar-refractivity contribution in [2.24, 2.45) is 0 Å². The number of aromatic nitrogens is 1. The second-order valence-corrected chi connectivity index (χ2v) is 5.46. The number of carbonyl (C=O) groups is 1. The first-order valence-corrected chi connectivity index (χ1v) is 7.65. The van der Waals surface area contributed by atoms with E-state index in [-0.39, 0.29) is 5.97 Å².